The lowest BCUT2D eigenvalue weighted by molar-refractivity contribution is -0.121. The monoisotopic (exact) mass is 148 g/mol. The standard InChI is InChI=1S/C10H12O/c11-10-8-2-6(8)4-1-5(4)7-3-9(7)10/h4-9H,1-3H2/t4-,5+,6-,7+,8-,9+. The van der Waals surface area contributed by atoms with Gasteiger partial charge in [-0.3, -0.25) is 4.79 Å². The third-order valence-electron chi connectivity index (χ3n) is 4.40. The average molecular weight is 148 g/mol. The van der Waals surface area contributed by atoms with Gasteiger partial charge >= 0.3 is 0 Å². The van der Waals surface area contributed by atoms with Gasteiger partial charge in [-0.15, -0.1) is 0 Å². The maximum atomic E-state index is 11.6. The quantitative estimate of drug-likeness (QED) is 0.508. The van der Waals surface area contributed by atoms with E-state index in [-0.39, 0.29) is 0 Å². The van der Waals surface area contributed by atoms with E-state index in [4.69, 9.17) is 0 Å². The van der Waals surface area contributed by atoms with Crippen molar-refractivity contribution < 1.29 is 4.79 Å². The van der Waals surface area contributed by atoms with E-state index in [0.29, 0.717) is 17.6 Å². The van der Waals surface area contributed by atoms with Gasteiger partial charge in [-0.2, -0.15) is 0 Å². The first-order chi connectivity index (χ1) is 5.36. The van der Waals surface area contributed by atoms with Gasteiger partial charge < -0.3 is 0 Å². The highest BCUT2D eigenvalue weighted by atomic mass is 16.1. The van der Waals surface area contributed by atoms with E-state index in [1.807, 2.05) is 0 Å². The minimum absolute atomic E-state index is 0.558. The Labute approximate surface area is 66.2 Å². The SMILES string of the molecule is O=C1[C@H]2C[C@H]2[C@H]2C[C@H]2[C@H]2C[C@@H]12. The number of fused-ring (bicyclic) bond motifs is 5. The minimum atomic E-state index is 0.558. The fourth-order valence-electron chi connectivity index (χ4n) is 3.53. The third kappa shape index (κ3) is 0.502. The first kappa shape index (κ1) is 5.34. The summed E-state index contributed by atoms with van der Waals surface area (Å²) < 4.78 is 0. The smallest absolute Gasteiger partial charge is 0.139 e. The largest absolute Gasteiger partial charge is 0.299 e. The van der Waals surface area contributed by atoms with E-state index >= 15 is 0 Å². The summed E-state index contributed by atoms with van der Waals surface area (Å²) in [4.78, 5) is 11.6. The second kappa shape index (κ2) is 1.30. The van der Waals surface area contributed by atoms with Crippen LogP contribution in [0.25, 0.3) is 0 Å². The Hall–Kier alpha value is -0.330. The molecule has 11 heavy (non-hydrogen) atoms. The Balaban J connectivity index is 1.77. The summed E-state index contributed by atoms with van der Waals surface area (Å²) in [6.45, 7) is 0. The summed E-state index contributed by atoms with van der Waals surface area (Å²) in [6.07, 6.45) is 4.02. The molecule has 0 bridgehead atoms. The van der Waals surface area contributed by atoms with Gasteiger partial charge in [0.15, 0.2) is 0 Å². The molecule has 0 unspecified atom stereocenters. The molecule has 1 nitrogen and oxygen atoms in total. The Morgan fingerprint density at radius 2 is 1.36 bits per heavy atom. The van der Waals surface area contributed by atoms with Crippen LogP contribution in [0.1, 0.15) is 19.3 Å². The molecule has 6 atom stereocenters. The van der Waals surface area contributed by atoms with E-state index in [9.17, 15) is 4.79 Å². The molecule has 4 fully saturated rings. The van der Waals surface area contributed by atoms with Gasteiger partial charge in [-0.05, 0) is 42.9 Å². The average Bonchev–Trinajstić information content (AvgIpc) is 2.81. The number of ketones is 1. The number of carbonyl (C=O) groups excluding carboxylic acids is 1. The van der Waals surface area contributed by atoms with Gasteiger partial charge in [0.1, 0.15) is 5.78 Å². The fourth-order valence-corrected chi connectivity index (χ4v) is 3.53. The molecule has 0 saturated heterocycles. The predicted molar refractivity (Wildman–Crippen MR) is 39.8 cm³/mol. The van der Waals surface area contributed by atoms with E-state index in [1.165, 1.54) is 19.3 Å². The van der Waals surface area contributed by atoms with Crippen LogP contribution in [0.2, 0.25) is 0 Å². The number of hydrogen-bond donors (Lipinski definition) is 0. The van der Waals surface area contributed by atoms with Crippen LogP contribution in [-0.4, -0.2) is 5.78 Å². The van der Waals surface area contributed by atoms with Crippen molar-refractivity contribution in [3.05, 3.63) is 0 Å². The van der Waals surface area contributed by atoms with Gasteiger partial charge in [-0.1, -0.05) is 0 Å². The number of rotatable bonds is 0. The molecule has 0 aliphatic heterocycles. The van der Waals surface area contributed by atoms with Crippen LogP contribution in [0.5, 0.6) is 0 Å². The molecule has 0 amide bonds. The molecule has 58 valence electrons. The van der Waals surface area contributed by atoms with Crippen molar-refractivity contribution in [3.8, 4) is 0 Å². The summed E-state index contributed by atoms with van der Waals surface area (Å²) in [5, 5.41) is 0. The van der Waals surface area contributed by atoms with Crippen LogP contribution < -0.4 is 0 Å². The molecule has 0 heterocycles. The van der Waals surface area contributed by atoms with Gasteiger partial charge in [0.05, 0.1) is 0 Å². The van der Waals surface area contributed by atoms with Gasteiger partial charge in [0.2, 0.25) is 0 Å². The van der Waals surface area contributed by atoms with Crippen LogP contribution in [-0.2, 0) is 4.79 Å². The van der Waals surface area contributed by atoms with Crippen LogP contribution in [0.3, 0.4) is 0 Å². The predicted octanol–water partition coefficient (Wildman–Crippen LogP) is 1.48. The summed E-state index contributed by atoms with van der Waals surface area (Å²) >= 11 is 0. The molecule has 4 aliphatic carbocycles. The van der Waals surface area contributed by atoms with Crippen molar-refractivity contribution in [2.45, 2.75) is 19.3 Å². The summed E-state index contributed by atoms with van der Waals surface area (Å²) in [7, 11) is 0. The Morgan fingerprint density at radius 1 is 0.818 bits per heavy atom. The van der Waals surface area contributed by atoms with Crippen molar-refractivity contribution >= 4 is 5.78 Å². The molecule has 0 spiro atoms. The van der Waals surface area contributed by atoms with E-state index in [2.05, 4.69) is 0 Å². The van der Waals surface area contributed by atoms with Crippen molar-refractivity contribution in [1.29, 1.82) is 0 Å². The van der Waals surface area contributed by atoms with Crippen molar-refractivity contribution in [2.75, 3.05) is 0 Å². The van der Waals surface area contributed by atoms with E-state index < -0.39 is 0 Å². The lowest BCUT2D eigenvalue weighted by atomic mass is 10.1. The first-order valence-corrected chi connectivity index (χ1v) is 4.90. The normalized spacial score (nSPS) is 68.9. The van der Waals surface area contributed by atoms with Crippen LogP contribution in [0.4, 0.5) is 0 Å². The first-order valence-electron chi connectivity index (χ1n) is 4.90. The van der Waals surface area contributed by atoms with Gasteiger partial charge in [0, 0.05) is 11.8 Å². The highest BCUT2D eigenvalue weighted by Gasteiger charge is 2.68. The van der Waals surface area contributed by atoms with Crippen molar-refractivity contribution in [2.24, 2.45) is 35.5 Å². The highest BCUT2D eigenvalue weighted by Crippen LogP contribution is 2.71. The zero-order chi connectivity index (χ0) is 7.16. The lowest BCUT2D eigenvalue weighted by Gasteiger charge is -1.92. The van der Waals surface area contributed by atoms with Crippen LogP contribution in [0, 0.1) is 35.5 Å². The molecule has 0 aromatic carbocycles. The van der Waals surface area contributed by atoms with Crippen LogP contribution in [0.15, 0.2) is 0 Å². The van der Waals surface area contributed by atoms with Gasteiger partial charge in [0.25, 0.3) is 0 Å². The van der Waals surface area contributed by atoms with Crippen molar-refractivity contribution in [1.82, 2.24) is 0 Å². The lowest BCUT2D eigenvalue weighted by Crippen LogP contribution is -2.05. The number of Topliss-reactive ketones (excluding diaryl/α,β-unsaturated/α-hetero) is 1. The molecule has 0 N–H and O–H groups in total. The number of carbonyl (C=O) groups is 1. The fraction of sp³-hybridized carbons (Fsp3) is 0.900. The van der Waals surface area contributed by atoms with Crippen LogP contribution >= 0.6 is 0 Å². The van der Waals surface area contributed by atoms with Gasteiger partial charge in [-0.25, -0.2) is 0 Å². The molecule has 4 aliphatic rings. The van der Waals surface area contributed by atoms with Crippen molar-refractivity contribution in [3.63, 3.8) is 0 Å². The number of hydrogen-bond acceptors (Lipinski definition) is 1. The zero-order valence-electron chi connectivity index (χ0n) is 6.49. The maximum Gasteiger partial charge on any atom is 0.139 e. The third-order valence-corrected chi connectivity index (χ3v) is 4.40. The summed E-state index contributed by atoms with van der Waals surface area (Å²) in [5.41, 5.74) is 0. The van der Waals surface area contributed by atoms with E-state index in [1.54, 1.807) is 0 Å². The second-order valence-corrected chi connectivity index (χ2v) is 4.98. The summed E-state index contributed by atoms with van der Waals surface area (Å²) in [5.74, 6) is 5.56. The Morgan fingerprint density at radius 3 is 1.91 bits per heavy atom. The molecular formula is C10H12O. The highest BCUT2D eigenvalue weighted by molar-refractivity contribution is 5.89. The summed E-state index contributed by atoms with van der Waals surface area (Å²) in [6, 6.07) is 0. The zero-order valence-corrected chi connectivity index (χ0v) is 6.49. The molecule has 4 rings (SSSR count). The maximum absolute atomic E-state index is 11.6. The molecule has 1 heteroatoms. The molecule has 0 aromatic heterocycles. The molecule has 0 radical (unpaired) electrons. The molecular weight excluding hydrogens is 136 g/mol. The topological polar surface area (TPSA) is 17.1 Å². The Bertz CT molecular complexity index is 234. The molecule has 0 aromatic rings. The Kier molecular flexibility index (Phi) is 0.630. The molecule has 4 saturated carbocycles. The van der Waals surface area contributed by atoms with E-state index in [0.717, 1.165) is 23.7 Å². The minimum Gasteiger partial charge on any atom is -0.299 e. The second-order valence-electron chi connectivity index (χ2n) is 4.98.